The van der Waals surface area contributed by atoms with E-state index in [9.17, 15) is 18.0 Å². The number of carboxylic acids is 1. The van der Waals surface area contributed by atoms with Gasteiger partial charge in [0.25, 0.3) is 0 Å². The zero-order valence-electron chi connectivity index (χ0n) is 14.5. The number of hydrogen-bond donors (Lipinski definition) is 1. The molecule has 0 aliphatic heterocycles. The number of carboxylic acid groups (broad SMARTS) is 1. The first-order chi connectivity index (χ1) is 12.8. The Kier molecular flexibility index (Phi) is 6.76. The fourth-order valence-electron chi connectivity index (χ4n) is 2.26. The second-order valence-corrected chi connectivity index (χ2v) is 5.59. The molecule has 0 atom stereocenters. The molecule has 0 saturated carbocycles. The summed E-state index contributed by atoms with van der Waals surface area (Å²) in [5.74, 6) is -0.687. The molecule has 0 fully saturated rings. The predicted octanol–water partition coefficient (Wildman–Crippen LogP) is 4.96. The maximum Gasteiger partial charge on any atom is 0.416 e. The summed E-state index contributed by atoms with van der Waals surface area (Å²) < 4.78 is 43.7. The van der Waals surface area contributed by atoms with Crippen LogP contribution in [0.3, 0.4) is 0 Å². The van der Waals surface area contributed by atoms with Crippen LogP contribution >= 0.6 is 0 Å². The van der Waals surface area contributed by atoms with Crippen molar-refractivity contribution in [2.45, 2.75) is 19.5 Å². The van der Waals surface area contributed by atoms with Gasteiger partial charge in [0.15, 0.2) is 0 Å². The van der Waals surface area contributed by atoms with Crippen LogP contribution in [0.15, 0.2) is 60.8 Å². The first-order valence-corrected chi connectivity index (χ1v) is 8.19. The summed E-state index contributed by atoms with van der Waals surface area (Å²) >= 11 is 0. The molecule has 4 nitrogen and oxygen atoms in total. The van der Waals surface area contributed by atoms with Gasteiger partial charge in [0.1, 0.15) is 0 Å². The fourth-order valence-corrected chi connectivity index (χ4v) is 2.26. The van der Waals surface area contributed by atoms with Crippen LogP contribution in [0.4, 0.5) is 13.2 Å². The number of carbonyl (C=O) groups is 1. The number of ether oxygens (including phenoxy) is 1. The van der Waals surface area contributed by atoms with Gasteiger partial charge in [-0.05, 0) is 35.8 Å². The smallest absolute Gasteiger partial charge is 0.416 e. The monoisotopic (exact) mass is 377 g/mol. The number of halogens is 3. The van der Waals surface area contributed by atoms with E-state index in [-0.39, 0.29) is 0 Å². The van der Waals surface area contributed by atoms with Crippen LogP contribution in [-0.2, 0) is 11.0 Å². The topological polar surface area (TPSA) is 59.4 Å². The molecule has 0 unspecified atom stereocenters. The van der Waals surface area contributed by atoms with Gasteiger partial charge in [0.2, 0.25) is 5.88 Å². The summed E-state index contributed by atoms with van der Waals surface area (Å²) in [6.07, 6.45) is 1.71. The van der Waals surface area contributed by atoms with Crippen molar-refractivity contribution >= 4 is 11.5 Å². The number of aromatic nitrogens is 1. The number of aliphatic carboxylic acids is 1. The second-order valence-electron chi connectivity index (χ2n) is 5.59. The molecule has 7 heteroatoms. The maximum atomic E-state index is 12.8. The molecule has 0 aliphatic carbocycles. The molecule has 0 bridgehead atoms. The Balaban J connectivity index is 2.38. The zero-order chi connectivity index (χ0) is 19.9. The Morgan fingerprint density at radius 1 is 1.15 bits per heavy atom. The Morgan fingerprint density at radius 3 is 2.33 bits per heavy atom. The molecule has 0 aliphatic rings. The van der Waals surface area contributed by atoms with Gasteiger partial charge in [0.05, 0.1) is 12.2 Å². The van der Waals surface area contributed by atoms with Gasteiger partial charge in [-0.3, -0.25) is 0 Å². The van der Waals surface area contributed by atoms with E-state index >= 15 is 0 Å². The van der Waals surface area contributed by atoms with E-state index in [1.807, 2.05) is 6.92 Å². The van der Waals surface area contributed by atoms with Gasteiger partial charge in [-0.1, -0.05) is 31.2 Å². The molecule has 142 valence electrons. The Hall–Kier alpha value is -3.09. The lowest BCUT2D eigenvalue weighted by atomic mass is 9.97. The summed E-state index contributed by atoms with van der Waals surface area (Å²) in [6, 6.07) is 8.02. The average Bonchev–Trinajstić information content (AvgIpc) is 2.63. The quantitative estimate of drug-likeness (QED) is 0.547. The van der Waals surface area contributed by atoms with Crippen molar-refractivity contribution in [1.29, 1.82) is 0 Å². The highest BCUT2D eigenvalue weighted by Gasteiger charge is 2.30. The van der Waals surface area contributed by atoms with Gasteiger partial charge in [0, 0.05) is 23.9 Å². The molecule has 27 heavy (non-hydrogen) atoms. The second kappa shape index (κ2) is 9.02. The summed E-state index contributed by atoms with van der Waals surface area (Å²) in [4.78, 5) is 14.9. The Labute approximate surface area is 154 Å². The molecule has 1 aromatic carbocycles. The molecule has 0 saturated heterocycles. The minimum absolute atomic E-state index is 0.438. The lowest BCUT2D eigenvalue weighted by Gasteiger charge is -2.11. The van der Waals surface area contributed by atoms with Crippen LogP contribution in [0.5, 0.6) is 5.88 Å². The van der Waals surface area contributed by atoms with Gasteiger partial charge in [-0.15, -0.1) is 0 Å². The van der Waals surface area contributed by atoms with Gasteiger partial charge >= 0.3 is 12.1 Å². The number of allylic oxidation sites excluding steroid dienone is 2. The molecule has 1 N–H and O–H groups in total. The lowest BCUT2D eigenvalue weighted by Crippen LogP contribution is -2.04. The molecule has 2 aromatic rings. The third-order valence-corrected chi connectivity index (χ3v) is 3.53. The van der Waals surface area contributed by atoms with Crippen molar-refractivity contribution in [3.8, 4) is 5.88 Å². The van der Waals surface area contributed by atoms with E-state index < -0.39 is 17.7 Å². The molecule has 0 radical (unpaired) electrons. The highest BCUT2D eigenvalue weighted by atomic mass is 19.4. The predicted molar refractivity (Wildman–Crippen MR) is 95.3 cm³/mol. The van der Waals surface area contributed by atoms with E-state index in [1.54, 1.807) is 12.1 Å². The van der Waals surface area contributed by atoms with E-state index in [0.717, 1.165) is 24.6 Å². The fraction of sp³-hybridized carbons (Fsp3) is 0.200. The number of hydrogen-bond acceptors (Lipinski definition) is 3. The third-order valence-electron chi connectivity index (χ3n) is 3.53. The SMILES string of the molecule is CCCOc1ccc(C(=CC=CC(=O)O)c2ccc(C(F)(F)F)cc2)cn1. The first kappa shape index (κ1) is 20.2. The number of rotatable bonds is 7. The molecule has 1 heterocycles. The maximum absolute atomic E-state index is 12.8. The summed E-state index contributed by atoms with van der Waals surface area (Å²) in [7, 11) is 0. The van der Waals surface area contributed by atoms with Gasteiger partial charge in [-0.25, -0.2) is 9.78 Å². The highest BCUT2D eigenvalue weighted by molar-refractivity contribution is 5.83. The largest absolute Gasteiger partial charge is 0.478 e. The summed E-state index contributed by atoms with van der Waals surface area (Å²) in [6.45, 7) is 2.49. The number of nitrogens with zero attached hydrogens (tertiary/aromatic N) is 1. The van der Waals surface area contributed by atoms with Crippen molar-refractivity contribution in [2.24, 2.45) is 0 Å². The van der Waals surface area contributed by atoms with Crippen LogP contribution in [0, 0.1) is 0 Å². The van der Waals surface area contributed by atoms with Crippen molar-refractivity contribution in [2.75, 3.05) is 6.61 Å². The van der Waals surface area contributed by atoms with Crippen molar-refractivity contribution in [3.63, 3.8) is 0 Å². The zero-order valence-corrected chi connectivity index (χ0v) is 14.5. The minimum Gasteiger partial charge on any atom is -0.478 e. The summed E-state index contributed by atoms with van der Waals surface area (Å²) in [5, 5.41) is 8.74. The summed E-state index contributed by atoms with van der Waals surface area (Å²) in [5.41, 5.74) is 0.902. The van der Waals surface area contributed by atoms with Crippen molar-refractivity contribution < 1.29 is 27.8 Å². The van der Waals surface area contributed by atoms with Gasteiger partial charge < -0.3 is 9.84 Å². The van der Waals surface area contributed by atoms with E-state index in [4.69, 9.17) is 9.84 Å². The van der Waals surface area contributed by atoms with Crippen LogP contribution in [0.2, 0.25) is 0 Å². The van der Waals surface area contributed by atoms with Crippen LogP contribution in [0.25, 0.3) is 5.57 Å². The standard InChI is InChI=1S/C20H18F3NO3/c1-2-12-27-18-11-8-15(13-24-18)17(4-3-5-19(25)26)14-6-9-16(10-7-14)20(21,22)23/h3-11,13H,2,12H2,1H3,(H,25,26). The van der Waals surface area contributed by atoms with Gasteiger partial charge in [-0.2, -0.15) is 13.2 Å². The number of pyridine rings is 1. The lowest BCUT2D eigenvalue weighted by molar-refractivity contribution is -0.137. The number of benzene rings is 1. The molecule has 1 aromatic heterocycles. The molecular formula is C20H18F3NO3. The third kappa shape index (κ3) is 5.99. The normalized spacial score (nSPS) is 12.4. The molecule has 0 spiro atoms. The Bertz CT molecular complexity index is 823. The average molecular weight is 377 g/mol. The van der Waals surface area contributed by atoms with Crippen molar-refractivity contribution in [3.05, 3.63) is 77.5 Å². The first-order valence-electron chi connectivity index (χ1n) is 8.19. The molecular weight excluding hydrogens is 359 g/mol. The van der Waals surface area contributed by atoms with E-state index in [1.165, 1.54) is 30.5 Å². The molecule has 2 rings (SSSR count). The number of alkyl halides is 3. The van der Waals surface area contributed by atoms with Crippen LogP contribution in [-0.4, -0.2) is 22.7 Å². The van der Waals surface area contributed by atoms with Crippen molar-refractivity contribution in [1.82, 2.24) is 4.98 Å². The van der Waals surface area contributed by atoms with E-state index in [0.29, 0.717) is 29.2 Å². The van der Waals surface area contributed by atoms with E-state index in [2.05, 4.69) is 4.98 Å². The highest BCUT2D eigenvalue weighted by Crippen LogP contribution is 2.31. The molecule has 0 amide bonds. The Morgan fingerprint density at radius 2 is 1.81 bits per heavy atom. The van der Waals surface area contributed by atoms with Crippen LogP contribution in [0.1, 0.15) is 30.0 Å². The minimum atomic E-state index is -4.43. The van der Waals surface area contributed by atoms with Crippen LogP contribution < -0.4 is 4.74 Å².